The van der Waals surface area contributed by atoms with Gasteiger partial charge in [-0.15, -0.1) is 11.6 Å². The first-order valence-electron chi connectivity index (χ1n) is 4.31. The summed E-state index contributed by atoms with van der Waals surface area (Å²) >= 11 is 5.57. The van der Waals surface area contributed by atoms with Crippen molar-refractivity contribution in [3.63, 3.8) is 0 Å². The lowest BCUT2D eigenvalue weighted by atomic mass is 10.4. The van der Waals surface area contributed by atoms with Gasteiger partial charge >= 0.3 is 0 Å². The van der Waals surface area contributed by atoms with Crippen LogP contribution in [-0.2, 0) is 14.2 Å². The Morgan fingerprint density at radius 1 is 1.58 bits per heavy atom. The average Bonchev–Trinajstić information content (AvgIpc) is 2.53. The van der Waals surface area contributed by atoms with Gasteiger partial charge in [-0.05, 0) is 6.42 Å². The first-order chi connectivity index (χ1) is 5.86. The first kappa shape index (κ1) is 10.3. The Morgan fingerprint density at radius 3 is 3.00 bits per heavy atom. The van der Waals surface area contributed by atoms with Gasteiger partial charge in [-0.3, -0.25) is 0 Å². The minimum absolute atomic E-state index is 0.00158. The van der Waals surface area contributed by atoms with Crippen LogP contribution in [0.15, 0.2) is 0 Å². The Bertz CT molecular complexity index is 121. The minimum atomic E-state index is -0.486. The maximum Gasteiger partial charge on any atom is 0.272 e. The van der Waals surface area contributed by atoms with E-state index in [2.05, 4.69) is 6.92 Å². The Labute approximate surface area is 77.9 Å². The van der Waals surface area contributed by atoms with Crippen LogP contribution >= 0.6 is 11.6 Å². The summed E-state index contributed by atoms with van der Waals surface area (Å²) in [4.78, 5) is 0. The van der Waals surface area contributed by atoms with E-state index in [0.717, 1.165) is 12.8 Å². The van der Waals surface area contributed by atoms with E-state index in [0.29, 0.717) is 19.1 Å². The van der Waals surface area contributed by atoms with E-state index in [1.165, 1.54) is 0 Å². The molecule has 3 nitrogen and oxygen atoms in total. The van der Waals surface area contributed by atoms with Gasteiger partial charge in [0, 0.05) is 0 Å². The van der Waals surface area contributed by atoms with Gasteiger partial charge in [0.2, 0.25) is 0 Å². The predicted octanol–water partition coefficient (Wildman–Crippen LogP) is 1.74. The van der Waals surface area contributed by atoms with Gasteiger partial charge in [-0.2, -0.15) is 0 Å². The van der Waals surface area contributed by atoms with Crippen molar-refractivity contribution < 1.29 is 14.2 Å². The Kier molecular flexibility index (Phi) is 4.92. The minimum Gasteiger partial charge on any atom is -0.330 e. The van der Waals surface area contributed by atoms with E-state index in [9.17, 15) is 0 Å². The predicted molar refractivity (Wildman–Crippen MR) is 46.2 cm³/mol. The van der Waals surface area contributed by atoms with Gasteiger partial charge in [0.1, 0.15) is 6.10 Å². The Morgan fingerprint density at radius 2 is 2.42 bits per heavy atom. The van der Waals surface area contributed by atoms with Gasteiger partial charge in [0.05, 0.1) is 19.1 Å². The number of rotatable bonds is 5. The molecule has 0 unspecified atom stereocenters. The van der Waals surface area contributed by atoms with Crippen LogP contribution in [0, 0.1) is 0 Å². The molecule has 0 radical (unpaired) electrons. The van der Waals surface area contributed by atoms with Crippen LogP contribution in [0.5, 0.6) is 0 Å². The smallest absolute Gasteiger partial charge is 0.272 e. The fourth-order valence-electron chi connectivity index (χ4n) is 0.914. The monoisotopic (exact) mass is 194 g/mol. The number of hydrogen-bond acceptors (Lipinski definition) is 3. The van der Waals surface area contributed by atoms with Gasteiger partial charge < -0.3 is 14.2 Å². The molecule has 1 saturated heterocycles. The molecule has 1 heterocycles. The molecule has 4 heteroatoms. The second-order valence-corrected chi connectivity index (χ2v) is 3.07. The molecular weight excluding hydrogens is 180 g/mol. The van der Waals surface area contributed by atoms with Gasteiger partial charge in [0.25, 0.3) is 6.48 Å². The SMILES string of the molecule is CCCCO[C@@H]1OC[C@H](CCl)O1. The fraction of sp³-hybridized carbons (Fsp3) is 1.00. The van der Waals surface area contributed by atoms with Crippen LogP contribution in [0.25, 0.3) is 0 Å². The molecule has 1 aliphatic heterocycles. The number of alkyl halides is 1. The Balaban J connectivity index is 2.03. The summed E-state index contributed by atoms with van der Waals surface area (Å²) in [5, 5.41) is 0. The molecule has 0 aromatic carbocycles. The lowest BCUT2D eigenvalue weighted by Crippen LogP contribution is -2.16. The molecule has 0 N–H and O–H groups in total. The molecule has 0 spiro atoms. The highest BCUT2D eigenvalue weighted by atomic mass is 35.5. The molecule has 0 amide bonds. The molecule has 0 saturated carbocycles. The van der Waals surface area contributed by atoms with E-state index in [1.807, 2.05) is 0 Å². The zero-order chi connectivity index (χ0) is 8.81. The highest BCUT2D eigenvalue weighted by molar-refractivity contribution is 6.18. The normalized spacial score (nSPS) is 29.5. The van der Waals surface area contributed by atoms with Crippen molar-refractivity contribution in [1.29, 1.82) is 0 Å². The topological polar surface area (TPSA) is 27.7 Å². The largest absolute Gasteiger partial charge is 0.330 e. The summed E-state index contributed by atoms with van der Waals surface area (Å²) in [7, 11) is 0. The second-order valence-electron chi connectivity index (χ2n) is 2.76. The summed E-state index contributed by atoms with van der Waals surface area (Å²) in [6.45, 7) is 2.86. The van der Waals surface area contributed by atoms with Crippen molar-refractivity contribution in [2.75, 3.05) is 19.1 Å². The van der Waals surface area contributed by atoms with Crippen molar-refractivity contribution in [2.24, 2.45) is 0 Å². The van der Waals surface area contributed by atoms with Crippen molar-refractivity contribution in [1.82, 2.24) is 0 Å². The van der Waals surface area contributed by atoms with Crippen molar-refractivity contribution in [2.45, 2.75) is 32.3 Å². The Hall–Kier alpha value is 0.170. The maximum atomic E-state index is 5.57. The fourth-order valence-corrected chi connectivity index (χ4v) is 1.08. The van der Waals surface area contributed by atoms with Crippen molar-refractivity contribution in [3.05, 3.63) is 0 Å². The van der Waals surface area contributed by atoms with Gasteiger partial charge in [-0.25, -0.2) is 0 Å². The average molecular weight is 195 g/mol. The molecule has 12 heavy (non-hydrogen) atoms. The van der Waals surface area contributed by atoms with Crippen molar-refractivity contribution >= 4 is 11.6 Å². The lowest BCUT2D eigenvalue weighted by Gasteiger charge is -2.10. The standard InChI is InChI=1S/C8H15ClO3/c1-2-3-4-10-8-11-6-7(5-9)12-8/h7-8H,2-6H2,1H3/t7-,8+/m0/s1. The van der Waals surface area contributed by atoms with E-state index in [1.54, 1.807) is 0 Å². The van der Waals surface area contributed by atoms with Gasteiger partial charge in [0.15, 0.2) is 0 Å². The number of hydrogen-bond donors (Lipinski definition) is 0. The summed E-state index contributed by atoms with van der Waals surface area (Å²) < 4.78 is 15.7. The third-order valence-electron chi connectivity index (χ3n) is 1.65. The lowest BCUT2D eigenvalue weighted by molar-refractivity contribution is -0.235. The number of halogens is 1. The molecule has 72 valence electrons. The van der Waals surface area contributed by atoms with Crippen LogP contribution in [0.3, 0.4) is 0 Å². The van der Waals surface area contributed by atoms with Crippen LogP contribution in [0.2, 0.25) is 0 Å². The molecular formula is C8H15ClO3. The first-order valence-corrected chi connectivity index (χ1v) is 4.85. The second kappa shape index (κ2) is 5.75. The molecule has 0 aliphatic carbocycles. The van der Waals surface area contributed by atoms with E-state index in [-0.39, 0.29) is 6.10 Å². The van der Waals surface area contributed by atoms with E-state index >= 15 is 0 Å². The van der Waals surface area contributed by atoms with Crippen LogP contribution < -0.4 is 0 Å². The molecule has 1 rings (SSSR count). The van der Waals surface area contributed by atoms with Gasteiger partial charge in [-0.1, -0.05) is 13.3 Å². The number of unbranched alkanes of at least 4 members (excludes halogenated alkanes) is 1. The summed E-state index contributed by atoms with van der Waals surface area (Å²) in [6.07, 6.45) is 2.15. The third-order valence-corrected chi connectivity index (χ3v) is 1.99. The molecule has 1 fully saturated rings. The van der Waals surface area contributed by atoms with E-state index < -0.39 is 6.48 Å². The zero-order valence-electron chi connectivity index (χ0n) is 7.29. The third kappa shape index (κ3) is 3.27. The summed E-state index contributed by atoms with van der Waals surface area (Å²) in [5.74, 6) is 0.466. The summed E-state index contributed by atoms with van der Waals surface area (Å²) in [6, 6.07) is 0. The highest BCUT2D eigenvalue weighted by Crippen LogP contribution is 2.13. The van der Waals surface area contributed by atoms with Crippen LogP contribution in [0.1, 0.15) is 19.8 Å². The summed E-state index contributed by atoms with van der Waals surface area (Å²) in [5.41, 5.74) is 0. The molecule has 0 aromatic rings. The van der Waals surface area contributed by atoms with Crippen LogP contribution in [0.4, 0.5) is 0 Å². The number of ether oxygens (including phenoxy) is 3. The molecule has 0 aromatic heterocycles. The van der Waals surface area contributed by atoms with E-state index in [4.69, 9.17) is 25.8 Å². The molecule has 1 aliphatic rings. The highest BCUT2D eigenvalue weighted by Gasteiger charge is 2.25. The van der Waals surface area contributed by atoms with Crippen molar-refractivity contribution in [3.8, 4) is 0 Å². The van der Waals surface area contributed by atoms with Crippen LogP contribution in [-0.4, -0.2) is 31.7 Å². The zero-order valence-corrected chi connectivity index (χ0v) is 8.05. The maximum absolute atomic E-state index is 5.57. The quantitative estimate of drug-likeness (QED) is 0.493. The molecule has 0 bridgehead atoms. The molecule has 2 atom stereocenters.